The van der Waals surface area contributed by atoms with E-state index in [1.807, 2.05) is 19.1 Å². The third-order valence-electron chi connectivity index (χ3n) is 2.13. The fraction of sp³-hybridized carbons (Fsp3) is 0.0909. The zero-order chi connectivity index (χ0) is 12.3. The Labute approximate surface area is 98.0 Å². The van der Waals surface area contributed by atoms with Crippen LogP contribution in [0.3, 0.4) is 0 Å². The molecule has 1 heterocycles. The lowest BCUT2D eigenvalue weighted by Gasteiger charge is -2.00. The molecule has 0 aliphatic rings. The maximum Gasteiger partial charge on any atom is 0.270 e. The zero-order valence-corrected chi connectivity index (χ0v) is 9.29. The Bertz CT molecular complexity index is 543. The predicted octanol–water partition coefficient (Wildman–Crippen LogP) is 1.33. The number of carbonyl (C=O) groups excluding carboxylic acids is 1. The number of benzene rings is 1. The summed E-state index contributed by atoms with van der Waals surface area (Å²) in [4.78, 5) is 12.9. The summed E-state index contributed by atoms with van der Waals surface area (Å²) in [6.07, 6.45) is 1.38. The van der Waals surface area contributed by atoms with E-state index in [-0.39, 0.29) is 11.9 Å². The molecule has 1 aromatic carbocycles. The number of carbonyl (C=O) groups is 1. The van der Waals surface area contributed by atoms with E-state index in [1.165, 1.54) is 11.0 Å². The van der Waals surface area contributed by atoms with Gasteiger partial charge in [0.2, 0.25) is 0 Å². The summed E-state index contributed by atoms with van der Waals surface area (Å²) in [5, 5.41) is 13.7. The lowest BCUT2D eigenvalue weighted by atomic mass is 10.1. The number of amides is 1. The summed E-state index contributed by atoms with van der Waals surface area (Å²) in [5.74, 6) is -0.121. The zero-order valence-electron chi connectivity index (χ0n) is 9.29. The quantitative estimate of drug-likeness (QED) is 0.861. The molecule has 0 aliphatic carbocycles. The summed E-state index contributed by atoms with van der Waals surface area (Å²) >= 11 is 0. The second kappa shape index (κ2) is 4.56. The first-order chi connectivity index (χ1) is 8.19. The van der Waals surface area contributed by atoms with Gasteiger partial charge >= 0.3 is 0 Å². The summed E-state index contributed by atoms with van der Waals surface area (Å²) in [6, 6.07) is 7.21. The van der Waals surface area contributed by atoms with Gasteiger partial charge in [0.05, 0.1) is 0 Å². The lowest BCUT2D eigenvalue weighted by molar-refractivity contribution is 0.102. The number of anilines is 1. The Hall–Kier alpha value is -2.50. The van der Waals surface area contributed by atoms with Crippen LogP contribution < -0.4 is 5.32 Å². The van der Waals surface area contributed by atoms with Crippen molar-refractivity contribution < 1.29 is 4.79 Å². The maximum absolute atomic E-state index is 11.8. The molecule has 0 bridgehead atoms. The topological polar surface area (TPSA) is 72.7 Å². The highest BCUT2D eigenvalue weighted by Crippen LogP contribution is 2.05. The van der Waals surface area contributed by atoms with Crippen LogP contribution in [0.2, 0.25) is 0 Å². The molecule has 86 valence electrons. The Morgan fingerprint density at radius 3 is 2.71 bits per heavy atom. The van der Waals surface area contributed by atoms with Gasteiger partial charge in [-0.05, 0) is 24.3 Å². The van der Waals surface area contributed by atoms with Crippen molar-refractivity contribution in [3.8, 4) is 0 Å². The summed E-state index contributed by atoms with van der Waals surface area (Å²) < 4.78 is 0. The fourth-order valence-corrected chi connectivity index (χ4v) is 1.23. The molecule has 17 heavy (non-hydrogen) atoms. The van der Waals surface area contributed by atoms with Gasteiger partial charge in [-0.3, -0.25) is 10.1 Å². The molecule has 0 aliphatic heterocycles. The Kier molecular flexibility index (Phi) is 2.95. The van der Waals surface area contributed by atoms with Crippen molar-refractivity contribution in [2.75, 3.05) is 5.32 Å². The normalized spacial score (nSPS) is 9.94. The average Bonchev–Trinajstić information content (AvgIpc) is 2.77. The minimum Gasteiger partial charge on any atom is -0.288 e. The van der Waals surface area contributed by atoms with Gasteiger partial charge in [0, 0.05) is 11.8 Å². The van der Waals surface area contributed by atoms with Crippen molar-refractivity contribution in [2.24, 2.45) is 0 Å². The highest BCUT2D eigenvalue weighted by Gasteiger charge is 2.08. The van der Waals surface area contributed by atoms with Crippen LogP contribution in [-0.4, -0.2) is 26.1 Å². The number of nitrogens with one attached hydrogen (secondary N) is 1. The maximum atomic E-state index is 11.8. The molecule has 0 saturated heterocycles. The standard InChI is InChI=1S/C11H11N5O/c1-3-16-14-11(13-15-16)12-10(17)9-6-4-8(2)5-7-9/h3-7H,1H2,2H3,(H,12,14,17). The van der Waals surface area contributed by atoms with Crippen molar-refractivity contribution in [3.63, 3.8) is 0 Å². The summed E-state index contributed by atoms with van der Waals surface area (Å²) in [7, 11) is 0. The van der Waals surface area contributed by atoms with Gasteiger partial charge in [-0.1, -0.05) is 29.4 Å². The molecule has 0 radical (unpaired) electrons. The van der Waals surface area contributed by atoms with Crippen LogP contribution in [-0.2, 0) is 0 Å². The molecular weight excluding hydrogens is 218 g/mol. The fourth-order valence-electron chi connectivity index (χ4n) is 1.23. The third kappa shape index (κ3) is 2.54. The molecule has 2 aromatic rings. The van der Waals surface area contributed by atoms with E-state index in [2.05, 4.69) is 27.3 Å². The van der Waals surface area contributed by atoms with E-state index in [9.17, 15) is 4.79 Å². The van der Waals surface area contributed by atoms with Crippen LogP contribution in [0, 0.1) is 6.92 Å². The first-order valence-electron chi connectivity index (χ1n) is 4.99. The Balaban J connectivity index is 2.11. The molecular formula is C11H11N5O. The molecule has 1 aromatic heterocycles. The first-order valence-corrected chi connectivity index (χ1v) is 4.99. The van der Waals surface area contributed by atoms with E-state index in [4.69, 9.17) is 0 Å². The Morgan fingerprint density at radius 1 is 1.41 bits per heavy atom. The largest absolute Gasteiger partial charge is 0.288 e. The van der Waals surface area contributed by atoms with Crippen LogP contribution in [0.15, 0.2) is 30.8 Å². The molecule has 1 N–H and O–H groups in total. The van der Waals surface area contributed by atoms with Gasteiger partial charge in [-0.2, -0.15) is 0 Å². The number of tetrazole rings is 1. The van der Waals surface area contributed by atoms with Gasteiger partial charge in [0.1, 0.15) is 0 Å². The second-order valence-corrected chi connectivity index (χ2v) is 3.44. The van der Waals surface area contributed by atoms with Crippen LogP contribution >= 0.6 is 0 Å². The van der Waals surface area contributed by atoms with Gasteiger partial charge in [0.25, 0.3) is 11.9 Å². The number of rotatable bonds is 3. The molecule has 6 heteroatoms. The third-order valence-corrected chi connectivity index (χ3v) is 2.13. The van der Waals surface area contributed by atoms with Crippen LogP contribution in [0.25, 0.3) is 6.20 Å². The lowest BCUT2D eigenvalue weighted by Crippen LogP contribution is -2.13. The molecule has 2 rings (SSSR count). The van der Waals surface area contributed by atoms with E-state index in [0.717, 1.165) is 5.56 Å². The van der Waals surface area contributed by atoms with Crippen LogP contribution in [0.5, 0.6) is 0 Å². The molecule has 0 spiro atoms. The van der Waals surface area contributed by atoms with E-state index in [1.54, 1.807) is 12.1 Å². The molecule has 0 fully saturated rings. The van der Waals surface area contributed by atoms with Crippen LogP contribution in [0.4, 0.5) is 5.95 Å². The average molecular weight is 229 g/mol. The van der Waals surface area contributed by atoms with Gasteiger partial charge in [-0.15, -0.1) is 9.90 Å². The first kappa shape index (κ1) is 11.0. The molecule has 0 atom stereocenters. The van der Waals surface area contributed by atoms with Crippen molar-refractivity contribution >= 4 is 18.1 Å². The summed E-state index contributed by atoms with van der Waals surface area (Å²) in [6.45, 7) is 5.43. The number of aryl methyl sites for hydroxylation is 1. The van der Waals surface area contributed by atoms with Crippen molar-refractivity contribution in [2.45, 2.75) is 6.92 Å². The number of nitrogens with zero attached hydrogens (tertiary/aromatic N) is 4. The molecule has 6 nitrogen and oxygen atoms in total. The van der Waals surface area contributed by atoms with E-state index < -0.39 is 0 Å². The Morgan fingerprint density at radius 2 is 2.12 bits per heavy atom. The van der Waals surface area contributed by atoms with Gasteiger partial charge in [-0.25, -0.2) is 0 Å². The highest BCUT2D eigenvalue weighted by atomic mass is 16.1. The number of aromatic nitrogens is 4. The minimum atomic E-state index is -0.270. The van der Waals surface area contributed by atoms with Crippen molar-refractivity contribution in [1.29, 1.82) is 0 Å². The summed E-state index contributed by atoms with van der Waals surface area (Å²) in [5.41, 5.74) is 1.64. The van der Waals surface area contributed by atoms with Gasteiger partial charge in [0.15, 0.2) is 0 Å². The monoisotopic (exact) mass is 229 g/mol. The molecule has 1 amide bonds. The van der Waals surface area contributed by atoms with Crippen LogP contribution in [0.1, 0.15) is 15.9 Å². The molecule has 0 saturated carbocycles. The van der Waals surface area contributed by atoms with Gasteiger partial charge < -0.3 is 0 Å². The van der Waals surface area contributed by atoms with E-state index >= 15 is 0 Å². The highest BCUT2D eigenvalue weighted by molar-refractivity contribution is 6.03. The number of hydrogen-bond donors (Lipinski definition) is 1. The smallest absolute Gasteiger partial charge is 0.270 e. The van der Waals surface area contributed by atoms with Crippen molar-refractivity contribution in [1.82, 2.24) is 20.2 Å². The second-order valence-electron chi connectivity index (χ2n) is 3.44. The SMILES string of the molecule is C=Cn1nnc(NC(=O)c2ccc(C)cc2)n1. The number of hydrogen-bond acceptors (Lipinski definition) is 4. The minimum absolute atomic E-state index is 0.149. The van der Waals surface area contributed by atoms with Crippen molar-refractivity contribution in [3.05, 3.63) is 42.0 Å². The molecule has 0 unspecified atom stereocenters. The predicted molar refractivity (Wildman–Crippen MR) is 63.3 cm³/mol. The van der Waals surface area contributed by atoms with E-state index in [0.29, 0.717) is 5.56 Å².